The SMILES string of the molecule is CCCCCCCCCCCCCCCC(=O)Oc1c(C=O)ccc(O)c1OC. The molecular weight excluding hydrogens is 368 g/mol. The van der Waals surface area contributed by atoms with Crippen molar-refractivity contribution in [2.45, 2.75) is 96.8 Å². The first-order chi connectivity index (χ1) is 14.1. The number of phenols is 1. The van der Waals surface area contributed by atoms with E-state index in [2.05, 4.69) is 6.92 Å². The van der Waals surface area contributed by atoms with Gasteiger partial charge in [-0.15, -0.1) is 0 Å². The number of rotatable bonds is 17. The van der Waals surface area contributed by atoms with Gasteiger partial charge in [0.1, 0.15) is 0 Å². The number of carbonyl (C=O) groups is 2. The number of phenolic OH excluding ortho intramolecular Hbond substituents is 1. The summed E-state index contributed by atoms with van der Waals surface area (Å²) in [7, 11) is 1.35. The quantitative estimate of drug-likeness (QED) is 0.136. The molecule has 0 aromatic heterocycles. The first kappa shape index (κ1) is 25.0. The molecule has 0 fully saturated rings. The predicted molar refractivity (Wildman–Crippen MR) is 116 cm³/mol. The summed E-state index contributed by atoms with van der Waals surface area (Å²) in [6.45, 7) is 2.25. The number of aldehydes is 1. The van der Waals surface area contributed by atoms with E-state index in [9.17, 15) is 14.7 Å². The van der Waals surface area contributed by atoms with Crippen LogP contribution in [-0.4, -0.2) is 24.5 Å². The summed E-state index contributed by atoms with van der Waals surface area (Å²) in [5.74, 6) is -0.586. The number of hydrogen-bond donors (Lipinski definition) is 1. The smallest absolute Gasteiger partial charge is 0.311 e. The molecule has 0 bridgehead atoms. The number of methoxy groups -OCH3 is 1. The summed E-state index contributed by atoms with van der Waals surface area (Å²) in [4.78, 5) is 23.2. The lowest BCUT2D eigenvalue weighted by molar-refractivity contribution is -0.134. The highest BCUT2D eigenvalue weighted by Gasteiger charge is 2.18. The monoisotopic (exact) mass is 406 g/mol. The van der Waals surface area contributed by atoms with Crippen molar-refractivity contribution in [3.05, 3.63) is 17.7 Å². The van der Waals surface area contributed by atoms with Crippen LogP contribution in [0.4, 0.5) is 0 Å². The lowest BCUT2D eigenvalue weighted by atomic mass is 10.0. The third-order valence-electron chi connectivity index (χ3n) is 5.15. The Morgan fingerprint density at radius 3 is 1.86 bits per heavy atom. The van der Waals surface area contributed by atoms with Gasteiger partial charge in [0.15, 0.2) is 17.8 Å². The summed E-state index contributed by atoms with van der Waals surface area (Å²) in [5, 5.41) is 9.79. The number of unbranched alkanes of at least 4 members (excludes halogenated alkanes) is 12. The zero-order valence-electron chi connectivity index (χ0n) is 18.2. The van der Waals surface area contributed by atoms with Crippen molar-refractivity contribution < 1.29 is 24.2 Å². The van der Waals surface area contributed by atoms with Crippen LogP contribution in [-0.2, 0) is 4.79 Å². The number of aromatic hydroxyl groups is 1. The van der Waals surface area contributed by atoms with Gasteiger partial charge in [-0.25, -0.2) is 0 Å². The number of esters is 1. The molecule has 0 heterocycles. The van der Waals surface area contributed by atoms with Gasteiger partial charge in [-0.3, -0.25) is 9.59 Å². The topological polar surface area (TPSA) is 72.8 Å². The molecule has 0 saturated heterocycles. The molecule has 164 valence electrons. The highest BCUT2D eigenvalue weighted by molar-refractivity contribution is 5.85. The Bertz CT molecular complexity index is 597. The van der Waals surface area contributed by atoms with Crippen molar-refractivity contribution in [3.63, 3.8) is 0 Å². The molecule has 0 aliphatic rings. The molecule has 0 atom stereocenters. The number of ether oxygens (including phenoxy) is 2. The largest absolute Gasteiger partial charge is 0.504 e. The second kappa shape index (κ2) is 15.8. The lowest BCUT2D eigenvalue weighted by Gasteiger charge is -2.12. The number of carbonyl (C=O) groups excluding carboxylic acids is 2. The van der Waals surface area contributed by atoms with E-state index in [1.165, 1.54) is 83.5 Å². The summed E-state index contributed by atoms with van der Waals surface area (Å²) < 4.78 is 10.3. The summed E-state index contributed by atoms with van der Waals surface area (Å²) >= 11 is 0. The van der Waals surface area contributed by atoms with Gasteiger partial charge in [-0.1, -0.05) is 84.0 Å². The maximum atomic E-state index is 12.1. The van der Waals surface area contributed by atoms with E-state index < -0.39 is 5.97 Å². The van der Waals surface area contributed by atoms with E-state index in [1.807, 2.05) is 0 Å². The molecule has 1 rings (SSSR count). The zero-order chi connectivity index (χ0) is 21.3. The molecule has 0 saturated carbocycles. The maximum Gasteiger partial charge on any atom is 0.311 e. The van der Waals surface area contributed by atoms with Crippen LogP contribution in [0.2, 0.25) is 0 Å². The molecule has 1 aromatic rings. The Morgan fingerprint density at radius 1 is 0.862 bits per heavy atom. The summed E-state index contributed by atoms with van der Waals surface area (Å²) in [6.07, 6.45) is 17.0. The van der Waals surface area contributed by atoms with Crippen LogP contribution in [0.5, 0.6) is 17.2 Å². The Balaban J connectivity index is 2.12. The van der Waals surface area contributed by atoms with Gasteiger partial charge in [0.2, 0.25) is 5.75 Å². The highest BCUT2D eigenvalue weighted by Crippen LogP contribution is 2.38. The van der Waals surface area contributed by atoms with Crippen molar-refractivity contribution in [2.24, 2.45) is 0 Å². The highest BCUT2D eigenvalue weighted by atomic mass is 16.6. The van der Waals surface area contributed by atoms with Crippen molar-refractivity contribution in [2.75, 3.05) is 7.11 Å². The third-order valence-corrected chi connectivity index (χ3v) is 5.15. The van der Waals surface area contributed by atoms with Crippen LogP contribution in [0.1, 0.15) is 107 Å². The Labute approximate surface area is 175 Å². The van der Waals surface area contributed by atoms with E-state index >= 15 is 0 Å². The summed E-state index contributed by atoms with van der Waals surface area (Å²) in [6, 6.07) is 2.74. The molecule has 1 N–H and O–H groups in total. The fraction of sp³-hybridized carbons (Fsp3) is 0.667. The second-order valence-corrected chi connectivity index (χ2v) is 7.62. The molecule has 5 heteroatoms. The normalized spacial score (nSPS) is 10.7. The molecule has 1 aromatic carbocycles. The van der Waals surface area contributed by atoms with Crippen LogP contribution in [0.3, 0.4) is 0 Å². The first-order valence-electron chi connectivity index (χ1n) is 11.2. The molecule has 0 aliphatic heterocycles. The maximum absolute atomic E-state index is 12.1. The van der Waals surface area contributed by atoms with Crippen LogP contribution < -0.4 is 9.47 Å². The number of hydrogen-bond acceptors (Lipinski definition) is 5. The summed E-state index contributed by atoms with van der Waals surface area (Å²) in [5.41, 5.74) is 0.179. The van der Waals surface area contributed by atoms with Gasteiger partial charge in [-0.05, 0) is 18.6 Å². The predicted octanol–water partition coefficient (Wildman–Crippen LogP) is 6.60. The second-order valence-electron chi connectivity index (χ2n) is 7.62. The van der Waals surface area contributed by atoms with E-state index in [1.54, 1.807) is 0 Å². The Hall–Kier alpha value is -2.04. The minimum Gasteiger partial charge on any atom is -0.504 e. The zero-order valence-corrected chi connectivity index (χ0v) is 18.2. The van der Waals surface area contributed by atoms with Gasteiger partial charge in [-0.2, -0.15) is 0 Å². The third kappa shape index (κ3) is 10.3. The van der Waals surface area contributed by atoms with Gasteiger partial charge in [0, 0.05) is 6.42 Å². The fourth-order valence-corrected chi connectivity index (χ4v) is 3.41. The van der Waals surface area contributed by atoms with Gasteiger partial charge in [0.05, 0.1) is 12.7 Å². The molecular formula is C24H38O5. The van der Waals surface area contributed by atoms with Crippen molar-refractivity contribution in [3.8, 4) is 17.2 Å². The minimum absolute atomic E-state index is 0.00770. The van der Waals surface area contributed by atoms with Crippen LogP contribution in [0.25, 0.3) is 0 Å². The molecule has 0 radical (unpaired) electrons. The lowest BCUT2D eigenvalue weighted by Crippen LogP contribution is -2.10. The van der Waals surface area contributed by atoms with E-state index in [4.69, 9.17) is 9.47 Å². The number of benzene rings is 1. The Kier molecular flexibility index (Phi) is 13.6. The van der Waals surface area contributed by atoms with E-state index in [-0.39, 0.29) is 29.2 Å². The molecule has 5 nitrogen and oxygen atoms in total. The molecule has 0 unspecified atom stereocenters. The van der Waals surface area contributed by atoms with Crippen molar-refractivity contribution in [1.82, 2.24) is 0 Å². The first-order valence-corrected chi connectivity index (χ1v) is 11.2. The minimum atomic E-state index is -0.417. The van der Waals surface area contributed by atoms with Crippen LogP contribution in [0.15, 0.2) is 12.1 Å². The average molecular weight is 407 g/mol. The van der Waals surface area contributed by atoms with Crippen molar-refractivity contribution in [1.29, 1.82) is 0 Å². The van der Waals surface area contributed by atoms with E-state index in [0.717, 1.165) is 19.3 Å². The van der Waals surface area contributed by atoms with Crippen molar-refractivity contribution >= 4 is 12.3 Å². The van der Waals surface area contributed by atoms with E-state index in [0.29, 0.717) is 6.29 Å². The van der Waals surface area contributed by atoms with Gasteiger partial charge in [0.25, 0.3) is 0 Å². The van der Waals surface area contributed by atoms with Crippen LogP contribution in [0, 0.1) is 0 Å². The standard InChI is InChI=1S/C24H38O5/c1-3-4-5-6-7-8-9-10-11-12-13-14-15-16-22(27)29-23-20(19-25)17-18-21(26)24(23)28-2/h17-19,26H,3-16H2,1-2H3. The molecule has 0 spiro atoms. The average Bonchev–Trinajstić information content (AvgIpc) is 2.72. The molecule has 29 heavy (non-hydrogen) atoms. The van der Waals surface area contributed by atoms with Gasteiger partial charge >= 0.3 is 5.97 Å². The Morgan fingerprint density at radius 2 is 1.38 bits per heavy atom. The van der Waals surface area contributed by atoms with Crippen LogP contribution >= 0.6 is 0 Å². The fourth-order valence-electron chi connectivity index (χ4n) is 3.41. The molecule has 0 aliphatic carbocycles. The van der Waals surface area contributed by atoms with Gasteiger partial charge < -0.3 is 14.6 Å². The molecule has 0 amide bonds.